The summed E-state index contributed by atoms with van der Waals surface area (Å²) in [5.74, 6) is 0.706. The van der Waals surface area contributed by atoms with E-state index in [9.17, 15) is 4.79 Å². The lowest BCUT2D eigenvalue weighted by Crippen LogP contribution is -2.45. The van der Waals surface area contributed by atoms with Crippen molar-refractivity contribution in [2.45, 2.75) is 47.3 Å². The third kappa shape index (κ3) is 9.41. The minimum Gasteiger partial charge on any atom is -0.379 e. The van der Waals surface area contributed by atoms with Crippen molar-refractivity contribution in [3.63, 3.8) is 0 Å². The molecule has 1 aromatic carbocycles. The van der Waals surface area contributed by atoms with Gasteiger partial charge in [-0.05, 0) is 37.0 Å². The van der Waals surface area contributed by atoms with Crippen LogP contribution in [0.15, 0.2) is 29.3 Å². The number of amides is 1. The van der Waals surface area contributed by atoms with Crippen molar-refractivity contribution in [3.05, 3.63) is 35.4 Å². The van der Waals surface area contributed by atoms with E-state index in [0.717, 1.165) is 18.1 Å². The molecule has 0 radical (unpaired) electrons. The number of guanidine groups is 1. The van der Waals surface area contributed by atoms with E-state index >= 15 is 0 Å². The SMILES string of the molecule is CCNC(=O)c1ccc(CN=C(NCC)NCC(OC)C(C)(C)C)cc1.I. The Labute approximate surface area is 181 Å². The van der Waals surface area contributed by atoms with Gasteiger partial charge in [0, 0.05) is 32.3 Å². The monoisotopic (exact) mass is 490 g/mol. The van der Waals surface area contributed by atoms with Crippen molar-refractivity contribution in [2.75, 3.05) is 26.7 Å². The van der Waals surface area contributed by atoms with Crippen molar-refractivity contribution < 1.29 is 9.53 Å². The lowest BCUT2D eigenvalue weighted by Gasteiger charge is -2.30. The highest BCUT2D eigenvalue weighted by atomic mass is 127. The highest BCUT2D eigenvalue weighted by molar-refractivity contribution is 14.0. The van der Waals surface area contributed by atoms with Crippen LogP contribution >= 0.6 is 24.0 Å². The quantitative estimate of drug-likeness (QED) is 0.297. The molecule has 0 saturated carbocycles. The third-order valence-electron chi connectivity index (χ3n) is 4.02. The first-order valence-corrected chi connectivity index (χ1v) is 9.23. The van der Waals surface area contributed by atoms with Gasteiger partial charge in [-0.2, -0.15) is 0 Å². The van der Waals surface area contributed by atoms with E-state index in [1.165, 1.54) is 0 Å². The highest BCUT2D eigenvalue weighted by Crippen LogP contribution is 2.20. The van der Waals surface area contributed by atoms with Gasteiger partial charge in [-0.15, -0.1) is 24.0 Å². The van der Waals surface area contributed by atoms with Gasteiger partial charge in [-0.25, -0.2) is 4.99 Å². The molecule has 1 atom stereocenters. The van der Waals surface area contributed by atoms with Crippen LogP contribution in [0.1, 0.15) is 50.5 Å². The number of hydrogen-bond donors (Lipinski definition) is 3. The Morgan fingerprint density at radius 1 is 1.07 bits per heavy atom. The molecular weight excluding hydrogens is 455 g/mol. The lowest BCUT2D eigenvalue weighted by atomic mass is 9.89. The molecule has 1 aromatic rings. The van der Waals surface area contributed by atoms with Crippen LogP contribution in [0, 0.1) is 5.41 Å². The molecule has 0 heterocycles. The van der Waals surface area contributed by atoms with Gasteiger partial charge < -0.3 is 20.7 Å². The van der Waals surface area contributed by atoms with Gasteiger partial charge in [-0.3, -0.25) is 4.79 Å². The van der Waals surface area contributed by atoms with Gasteiger partial charge in [0.15, 0.2) is 5.96 Å². The standard InChI is InChI=1S/C20H34N4O2.HI/c1-7-21-18(25)16-11-9-15(10-12-16)13-23-19(22-8-2)24-14-17(26-6)20(3,4)5;/h9-12,17H,7-8,13-14H2,1-6H3,(H,21,25)(H2,22,23,24);1H. The van der Waals surface area contributed by atoms with E-state index in [1.807, 2.05) is 38.1 Å². The predicted molar refractivity (Wildman–Crippen MR) is 123 cm³/mol. The summed E-state index contributed by atoms with van der Waals surface area (Å²) in [6, 6.07) is 7.53. The molecule has 27 heavy (non-hydrogen) atoms. The Hall–Kier alpha value is -1.35. The van der Waals surface area contributed by atoms with E-state index in [1.54, 1.807) is 7.11 Å². The molecule has 154 valence electrons. The Morgan fingerprint density at radius 2 is 1.67 bits per heavy atom. The number of hydrogen-bond acceptors (Lipinski definition) is 3. The first kappa shape index (κ1) is 25.6. The molecule has 7 heteroatoms. The van der Waals surface area contributed by atoms with Gasteiger partial charge in [-0.1, -0.05) is 32.9 Å². The van der Waals surface area contributed by atoms with Crippen molar-refractivity contribution in [3.8, 4) is 0 Å². The summed E-state index contributed by atoms with van der Waals surface area (Å²) in [4.78, 5) is 16.4. The van der Waals surface area contributed by atoms with E-state index in [0.29, 0.717) is 25.2 Å². The van der Waals surface area contributed by atoms with Gasteiger partial charge >= 0.3 is 0 Å². The molecule has 1 rings (SSSR count). The van der Waals surface area contributed by atoms with E-state index in [-0.39, 0.29) is 41.4 Å². The maximum Gasteiger partial charge on any atom is 0.251 e. The molecule has 0 fully saturated rings. The van der Waals surface area contributed by atoms with E-state index < -0.39 is 0 Å². The molecule has 3 N–H and O–H groups in total. The average Bonchev–Trinajstić information content (AvgIpc) is 2.59. The van der Waals surface area contributed by atoms with Gasteiger partial charge in [0.05, 0.1) is 12.6 Å². The summed E-state index contributed by atoms with van der Waals surface area (Å²) in [6.45, 7) is 13.0. The average molecular weight is 490 g/mol. The van der Waals surface area contributed by atoms with Crippen molar-refractivity contribution in [1.29, 1.82) is 0 Å². The number of methoxy groups -OCH3 is 1. The Morgan fingerprint density at radius 3 is 2.15 bits per heavy atom. The summed E-state index contributed by atoms with van der Waals surface area (Å²) in [5.41, 5.74) is 1.76. The zero-order valence-electron chi connectivity index (χ0n) is 17.4. The van der Waals surface area contributed by atoms with Crippen LogP contribution in [0.3, 0.4) is 0 Å². The second-order valence-electron chi connectivity index (χ2n) is 7.22. The fraction of sp³-hybridized carbons (Fsp3) is 0.600. The van der Waals surface area contributed by atoms with E-state index in [4.69, 9.17) is 4.74 Å². The van der Waals surface area contributed by atoms with Crippen LogP contribution in [-0.2, 0) is 11.3 Å². The van der Waals surface area contributed by atoms with Crippen molar-refractivity contribution in [1.82, 2.24) is 16.0 Å². The number of rotatable bonds is 8. The minimum atomic E-state index is -0.0506. The predicted octanol–water partition coefficient (Wildman–Crippen LogP) is 3.17. The van der Waals surface area contributed by atoms with Crippen LogP contribution in [-0.4, -0.2) is 44.7 Å². The molecule has 0 aromatic heterocycles. The fourth-order valence-electron chi connectivity index (χ4n) is 2.47. The second-order valence-corrected chi connectivity index (χ2v) is 7.22. The maximum atomic E-state index is 11.8. The first-order valence-electron chi connectivity index (χ1n) is 9.23. The topological polar surface area (TPSA) is 74.8 Å². The summed E-state index contributed by atoms with van der Waals surface area (Å²) in [6.07, 6.45) is 0.0858. The first-order chi connectivity index (χ1) is 12.3. The second kappa shape index (κ2) is 12.9. The Kier molecular flexibility index (Phi) is 12.3. The summed E-state index contributed by atoms with van der Waals surface area (Å²) < 4.78 is 5.58. The number of carbonyl (C=O) groups is 1. The van der Waals surface area contributed by atoms with Crippen LogP contribution in [0.25, 0.3) is 0 Å². The lowest BCUT2D eigenvalue weighted by molar-refractivity contribution is 0.0205. The summed E-state index contributed by atoms with van der Waals surface area (Å²) in [7, 11) is 1.73. The molecule has 1 unspecified atom stereocenters. The molecule has 0 aliphatic rings. The molecule has 1 amide bonds. The molecule has 0 spiro atoms. The van der Waals surface area contributed by atoms with Crippen LogP contribution in [0.2, 0.25) is 0 Å². The number of carbonyl (C=O) groups excluding carboxylic acids is 1. The van der Waals surface area contributed by atoms with Crippen LogP contribution in [0.4, 0.5) is 0 Å². The largest absolute Gasteiger partial charge is 0.379 e. The number of benzene rings is 1. The highest BCUT2D eigenvalue weighted by Gasteiger charge is 2.24. The molecule has 0 bridgehead atoms. The normalized spacial score (nSPS) is 12.7. The summed E-state index contributed by atoms with van der Waals surface area (Å²) >= 11 is 0. The molecule has 0 aliphatic heterocycles. The number of nitrogens with zero attached hydrogens (tertiary/aromatic N) is 1. The number of ether oxygens (including phenoxy) is 1. The summed E-state index contributed by atoms with van der Waals surface area (Å²) in [5, 5.41) is 9.39. The molecular formula is C20H35IN4O2. The van der Waals surface area contributed by atoms with Gasteiger partial charge in [0.2, 0.25) is 0 Å². The Balaban J connectivity index is 0.00000676. The minimum absolute atomic E-state index is 0. The van der Waals surface area contributed by atoms with Crippen molar-refractivity contribution >= 4 is 35.8 Å². The smallest absolute Gasteiger partial charge is 0.251 e. The molecule has 6 nitrogen and oxygen atoms in total. The van der Waals surface area contributed by atoms with Gasteiger partial charge in [0.1, 0.15) is 0 Å². The third-order valence-corrected chi connectivity index (χ3v) is 4.02. The van der Waals surface area contributed by atoms with Crippen LogP contribution < -0.4 is 16.0 Å². The zero-order chi connectivity index (χ0) is 19.6. The van der Waals surface area contributed by atoms with Crippen molar-refractivity contribution in [2.24, 2.45) is 10.4 Å². The number of halogens is 1. The van der Waals surface area contributed by atoms with Crippen LogP contribution in [0.5, 0.6) is 0 Å². The van der Waals surface area contributed by atoms with Gasteiger partial charge in [0.25, 0.3) is 5.91 Å². The van der Waals surface area contributed by atoms with E-state index in [2.05, 4.69) is 41.7 Å². The maximum absolute atomic E-state index is 11.8. The Bertz CT molecular complexity index is 583. The zero-order valence-corrected chi connectivity index (χ0v) is 19.7. The number of nitrogens with one attached hydrogen (secondary N) is 3. The molecule has 0 aliphatic carbocycles. The molecule has 0 saturated heterocycles. The number of aliphatic imine (C=N–C) groups is 1. The fourth-order valence-corrected chi connectivity index (χ4v) is 2.47.